The summed E-state index contributed by atoms with van der Waals surface area (Å²) < 4.78 is 26.8. The van der Waals surface area contributed by atoms with Crippen LogP contribution in [0.15, 0.2) is 29.2 Å². The van der Waals surface area contributed by atoms with Crippen molar-refractivity contribution in [3.63, 3.8) is 0 Å². The van der Waals surface area contributed by atoms with E-state index in [4.69, 9.17) is 0 Å². The molecular formula is C15H26ClN3O2S. The molecule has 1 aromatic rings. The highest BCUT2D eigenvalue weighted by molar-refractivity contribution is 7.89. The molecule has 2 rings (SSSR count). The molecule has 0 aliphatic carbocycles. The van der Waals surface area contributed by atoms with Gasteiger partial charge in [-0.25, -0.2) is 8.42 Å². The predicted octanol–water partition coefficient (Wildman–Crippen LogP) is 1.40. The van der Waals surface area contributed by atoms with Crippen molar-refractivity contribution in [2.24, 2.45) is 5.92 Å². The van der Waals surface area contributed by atoms with Gasteiger partial charge in [0.15, 0.2) is 0 Å². The molecule has 1 aromatic carbocycles. The number of nitrogens with zero attached hydrogens (tertiary/aromatic N) is 2. The van der Waals surface area contributed by atoms with Gasteiger partial charge >= 0.3 is 0 Å². The second-order valence-electron chi connectivity index (χ2n) is 5.96. The van der Waals surface area contributed by atoms with Crippen molar-refractivity contribution in [2.45, 2.75) is 17.9 Å². The lowest BCUT2D eigenvalue weighted by Crippen LogP contribution is -2.30. The molecule has 1 saturated heterocycles. The topological polar surface area (TPSA) is 52.7 Å². The minimum absolute atomic E-state index is 0. The summed E-state index contributed by atoms with van der Waals surface area (Å²) in [6.07, 6.45) is 0.929. The van der Waals surface area contributed by atoms with Gasteiger partial charge in [-0.05, 0) is 57.7 Å². The Morgan fingerprint density at radius 3 is 2.45 bits per heavy atom. The molecule has 1 N–H and O–H groups in total. The van der Waals surface area contributed by atoms with E-state index in [9.17, 15) is 8.42 Å². The average molecular weight is 348 g/mol. The second-order valence-corrected chi connectivity index (χ2v) is 7.90. The summed E-state index contributed by atoms with van der Waals surface area (Å²) in [4.78, 5) is 2.46. The number of rotatable bonds is 6. The summed E-state index contributed by atoms with van der Waals surface area (Å²) in [6.45, 7) is 2.92. The highest BCUT2D eigenvalue weighted by Crippen LogP contribution is 2.24. The number of hydrogen-bond donors (Lipinski definition) is 1. The van der Waals surface area contributed by atoms with Crippen molar-refractivity contribution in [3.05, 3.63) is 29.8 Å². The molecule has 0 aromatic heterocycles. The molecule has 1 unspecified atom stereocenters. The number of benzene rings is 1. The lowest BCUT2D eigenvalue weighted by atomic mass is 10.1. The zero-order valence-corrected chi connectivity index (χ0v) is 15.1. The fourth-order valence-electron chi connectivity index (χ4n) is 2.75. The second kappa shape index (κ2) is 8.26. The van der Waals surface area contributed by atoms with Gasteiger partial charge in [-0.1, -0.05) is 12.1 Å². The Hall–Kier alpha value is -0.660. The van der Waals surface area contributed by atoms with E-state index in [0.717, 1.165) is 25.1 Å². The van der Waals surface area contributed by atoms with Crippen LogP contribution in [0.25, 0.3) is 0 Å². The van der Waals surface area contributed by atoms with Gasteiger partial charge in [0, 0.05) is 19.6 Å². The van der Waals surface area contributed by atoms with Crippen LogP contribution in [0.4, 0.5) is 0 Å². The van der Waals surface area contributed by atoms with Crippen molar-refractivity contribution in [1.82, 2.24) is 14.5 Å². The zero-order chi connectivity index (χ0) is 15.5. The van der Waals surface area contributed by atoms with Crippen LogP contribution in [0.3, 0.4) is 0 Å². The third-order valence-electron chi connectivity index (χ3n) is 3.80. The van der Waals surface area contributed by atoms with Crippen LogP contribution in [-0.2, 0) is 16.6 Å². The zero-order valence-electron chi connectivity index (χ0n) is 13.4. The number of nitrogens with one attached hydrogen (secondary N) is 1. The Balaban J connectivity index is 0.00000242. The van der Waals surface area contributed by atoms with E-state index in [-0.39, 0.29) is 12.4 Å². The maximum Gasteiger partial charge on any atom is 0.243 e. The van der Waals surface area contributed by atoms with Crippen LogP contribution in [0.5, 0.6) is 0 Å². The molecule has 1 heterocycles. The van der Waals surface area contributed by atoms with Crippen molar-refractivity contribution in [1.29, 1.82) is 0 Å². The number of sulfonamides is 1. The summed E-state index contributed by atoms with van der Waals surface area (Å²) in [5.74, 6) is 0.415. The fraction of sp³-hybridized carbons (Fsp3) is 0.600. The van der Waals surface area contributed by atoms with Gasteiger partial charge in [0.1, 0.15) is 0 Å². The average Bonchev–Trinajstić information content (AvgIpc) is 2.88. The summed E-state index contributed by atoms with van der Waals surface area (Å²) in [5.41, 5.74) is 1.12. The van der Waals surface area contributed by atoms with Crippen molar-refractivity contribution in [2.75, 3.05) is 40.8 Å². The Labute approximate surface area is 140 Å². The van der Waals surface area contributed by atoms with Crippen LogP contribution in [0.2, 0.25) is 0 Å². The normalized spacial score (nSPS) is 19.4. The first kappa shape index (κ1) is 19.4. The molecule has 1 fully saturated rings. The van der Waals surface area contributed by atoms with Gasteiger partial charge < -0.3 is 10.2 Å². The van der Waals surface area contributed by atoms with Crippen molar-refractivity contribution >= 4 is 22.4 Å². The lowest BCUT2D eigenvalue weighted by molar-refractivity contribution is 0.402. The minimum atomic E-state index is -3.34. The monoisotopic (exact) mass is 347 g/mol. The van der Waals surface area contributed by atoms with Crippen LogP contribution in [0, 0.1) is 5.92 Å². The molecule has 126 valence electrons. The third-order valence-corrected chi connectivity index (χ3v) is 5.68. The first-order valence-corrected chi connectivity index (χ1v) is 8.76. The molecule has 0 spiro atoms. The van der Waals surface area contributed by atoms with E-state index in [0.29, 0.717) is 23.9 Å². The van der Waals surface area contributed by atoms with Gasteiger partial charge in [-0.2, -0.15) is 4.31 Å². The van der Waals surface area contributed by atoms with Gasteiger partial charge in [-0.3, -0.25) is 0 Å². The van der Waals surface area contributed by atoms with E-state index >= 15 is 0 Å². The first-order chi connectivity index (χ1) is 9.93. The van der Waals surface area contributed by atoms with Gasteiger partial charge in [0.25, 0.3) is 0 Å². The summed E-state index contributed by atoms with van der Waals surface area (Å²) in [5, 5.41) is 3.12. The standard InChI is InChI=1S/C15H25N3O2S.ClH/c1-16-10-14-8-9-18(12-14)21(19,20)15-6-4-13(5-7-15)11-17(2)3;/h4-7,14,16H,8-12H2,1-3H3;1H. The van der Waals surface area contributed by atoms with Gasteiger partial charge in [-0.15, -0.1) is 12.4 Å². The summed E-state index contributed by atoms with van der Waals surface area (Å²) in [6, 6.07) is 7.24. The molecule has 0 saturated carbocycles. The Kier molecular flexibility index (Phi) is 7.28. The van der Waals surface area contributed by atoms with Crippen molar-refractivity contribution < 1.29 is 8.42 Å². The van der Waals surface area contributed by atoms with Gasteiger partial charge in [0.05, 0.1) is 4.90 Å². The molecule has 0 bridgehead atoms. The highest BCUT2D eigenvalue weighted by atomic mass is 35.5. The summed E-state index contributed by atoms with van der Waals surface area (Å²) in [7, 11) is 2.55. The van der Waals surface area contributed by atoms with Crippen LogP contribution in [0.1, 0.15) is 12.0 Å². The van der Waals surface area contributed by atoms with E-state index in [1.165, 1.54) is 0 Å². The molecular weight excluding hydrogens is 322 g/mol. The lowest BCUT2D eigenvalue weighted by Gasteiger charge is -2.17. The van der Waals surface area contributed by atoms with E-state index in [1.807, 2.05) is 33.3 Å². The smallest absolute Gasteiger partial charge is 0.243 e. The number of halogens is 1. The first-order valence-electron chi connectivity index (χ1n) is 7.32. The van der Waals surface area contributed by atoms with E-state index in [1.54, 1.807) is 16.4 Å². The molecule has 1 atom stereocenters. The minimum Gasteiger partial charge on any atom is -0.319 e. The molecule has 5 nitrogen and oxygen atoms in total. The Bertz CT molecular complexity index is 561. The Morgan fingerprint density at radius 1 is 1.27 bits per heavy atom. The molecule has 22 heavy (non-hydrogen) atoms. The molecule has 7 heteroatoms. The third kappa shape index (κ3) is 4.67. The van der Waals surface area contributed by atoms with Crippen LogP contribution < -0.4 is 5.32 Å². The molecule has 1 aliphatic rings. The predicted molar refractivity (Wildman–Crippen MR) is 91.9 cm³/mol. The van der Waals surface area contributed by atoms with Crippen molar-refractivity contribution in [3.8, 4) is 0 Å². The van der Waals surface area contributed by atoms with Gasteiger partial charge in [0.2, 0.25) is 10.0 Å². The molecule has 0 radical (unpaired) electrons. The van der Waals surface area contributed by atoms with Crippen LogP contribution >= 0.6 is 12.4 Å². The van der Waals surface area contributed by atoms with E-state index < -0.39 is 10.0 Å². The fourth-order valence-corrected chi connectivity index (χ4v) is 4.28. The van der Waals surface area contributed by atoms with E-state index in [2.05, 4.69) is 10.2 Å². The maximum absolute atomic E-state index is 12.6. The quantitative estimate of drug-likeness (QED) is 0.845. The molecule has 1 aliphatic heterocycles. The Morgan fingerprint density at radius 2 is 1.91 bits per heavy atom. The maximum atomic E-state index is 12.6. The largest absolute Gasteiger partial charge is 0.319 e. The van der Waals surface area contributed by atoms with Crippen LogP contribution in [-0.4, -0.2) is 58.4 Å². The summed E-state index contributed by atoms with van der Waals surface area (Å²) >= 11 is 0. The number of hydrogen-bond acceptors (Lipinski definition) is 4. The molecule has 0 amide bonds. The highest BCUT2D eigenvalue weighted by Gasteiger charge is 2.31. The SMILES string of the molecule is CNCC1CCN(S(=O)(=O)c2ccc(CN(C)C)cc2)C1.Cl.